The molecule has 0 radical (unpaired) electrons. The molecule has 0 atom stereocenters. The van der Waals surface area contributed by atoms with E-state index in [4.69, 9.17) is 0 Å². The van der Waals surface area contributed by atoms with Crippen LogP contribution < -0.4 is 0 Å². The molecule has 2 aliphatic carbocycles. The van der Waals surface area contributed by atoms with Crippen LogP contribution in [0, 0.1) is 0 Å². The number of benzene rings is 7. The van der Waals surface area contributed by atoms with E-state index >= 15 is 0 Å². The molecule has 0 unspecified atom stereocenters. The highest BCUT2D eigenvalue weighted by Gasteiger charge is 2.35. The smallest absolute Gasteiger partial charge is 0.0159 e. The minimum absolute atomic E-state index is 0.000291. The van der Waals surface area contributed by atoms with E-state index in [1.54, 1.807) is 0 Å². The molecule has 0 heteroatoms. The quantitative estimate of drug-likeness (QED) is 0.181. The van der Waals surface area contributed by atoms with Crippen LogP contribution in [0.15, 0.2) is 146 Å². The summed E-state index contributed by atoms with van der Waals surface area (Å²) in [6.45, 7) is 9.08. The van der Waals surface area contributed by atoms with Gasteiger partial charge in [-0.15, -0.1) is 0 Å². The molecule has 0 aromatic heterocycles. The molecule has 0 saturated heterocycles. The molecule has 7 aromatic rings. The second kappa shape index (κ2) is 10.8. The molecule has 7 aromatic carbocycles. The normalized spacial score (nSPS) is 14.3. The summed E-state index contributed by atoms with van der Waals surface area (Å²) in [5.41, 5.74) is 18.7. The molecule has 0 fully saturated rings. The Bertz CT molecular complexity index is 2520. The van der Waals surface area contributed by atoms with Crippen molar-refractivity contribution in [1.29, 1.82) is 0 Å². The zero-order valence-electron chi connectivity index (χ0n) is 28.1. The van der Waals surface area contributed by atoms with Gasteiger partial charge in [0.25, 0.3) is 0 Å². The number of fused-ring (bicyclic) bond motifs is 4. The highest BCUT2D eigenvalue weighted by atomic mass is 14.4. The first-order valence-electron chi connectivity index (χ1n) is 17.3. The third kappa shape index (κ3) is 4.22. The lowest BCUT2D eigenvalue weighted by Crippen LogP contribution is -2.14. The average Bonchev–Trinajstić information content (AvgIpc) is 3.56. The minimum atomic E-state index is -0.000291. The Balaban J connectivity index is 1.07. The Morgan fingerprint density at radius 3 is 1.88 bits per heavy atom. The Hall–Kier alpha value is -5.46. The summed E-state index contributed by atoms with van der Waals surface area (Å²) in [6.07, 6.45) is 5.47. The molecule has 0 spiro atoms. The van der Waals surface area contributed by atoms with Crippen molar-refractivity contribution in [3.8, 4) is 44.5 Å². The van der Waals surface area contributed by atoms with Crippen LogP contribution in [0.2, 0.25) is 0 Å². The monoisotopic (exact) mass is 614 g/mol. The van der Waals surface area contributed by atoms with E-state index in [0.717, 1.165) is 6.42 Å². The zero-order valence-corrected chi connectivity index (χ0v) is 28.1. The van der Waals surface area contributed by atoms with Gasteiger partial charge >= 0.3 is 0 Å². The van der Waals surface area contributed by atoms with Crippen molar-refractivity contribution in [3.63, 3.8) is 0 Å². The third-order valence-electron chi connectivity index (χ3n) is 10.9. The van der Waals surface area contributed by atoms with Crippen LogP contribution >= 0.6 is 0 Å². The third-order valence-corrected chi connectivity index (χ3v) is 10.9. The van der Waals surface area contributed by atoms with E-state index in [1.165, 1.54) is 99.5 Å². The topological polar surface area (TPSA) is 0 Å². The first-order chi connectivity index (χ1) is 23.5. The van der Waals surface area contributed by atoms with Crippen molar-refractivity contribution in [2.45, 2.75) is 39.5 Å². The van der Waals surface area contributed by atoms with Crippen LogP contribution in [0.3, 0.4) is 0 Å². The number of hydrogen-bond acceptors (Lipinski definition) is 0. The second-order valence-corrected chi connectivity index (χ2v) is 13.9. The first kappa shape index (κ1) is 28.7. The van der Waals surface area contributed by atoms with E-state index in [9.17, 15) is 0 Å². The van der Waals surface area contributed by atoms with Gasteiger partial charge in [-0.2, -0.15) is 0 Å². The zero-order chi connectivity index (χ0) is 32.6. The molecule has 0 bridgehead atoms. The highest BCUT2D eigenvalue weighted by Crippen LogP contribution is 2.50. The maximum absolute atomic E-state index is 2.41. The Morgan fingerprint density at radius 2 is 1.10 bits per heavy atom. The predicted octanol–water partition coefficient (Wildman–Crippen LogP) is 13.5. The lowest BCUT2D eigenvalue weighted by molar-refractivity contribution is 0.660. The molecule has 2 aliphatic rings. The van der Waals surface area contributed by atoms with E-state index in [0.29, 0.717) is 0 Å². The summed E-state index contributed by atoms with van der Waals surface area (Å²) in [5.74, 6) is 0. The van der Waals surface area contributed by atoms with Crippen LogP contribution in [0.4, 0.5) is 0 Å². The lowest BCUT2D eigenvalue weighted by Gasteiger charge is -2.22. The summed E-state index contributed by atoms with van der Waals surface area (Å²) in [7, 11) is 0. The molecule has 0 N–H and O–H groups in total. The summed E-state index contributed by atoms with van der Waals surface area (Å²) >= 11 is 0. The molecule has 0 amide bonds. The molecule has 0 saturated carbocycles. The maximum Gasteiger partial charge on any atom is 0.0159 e. The van der Waals surface area contributed by atoms with Gasteiger partial charge in [-0.1, -0.05) is 142 Å². The van der Waals surface area contributed by atoms with Gasteiger partial charge in [0.1, 0.15) is 0 Å². The fraction of sp³-hybridized carbons (Fsp3) is 0.125. The van der Waals surface area contributed by atoms with Gasteiger partial charge < -0.3 is 0 Å². The number of allylic oxidation sites excluding steroid dienone is 4. The molecule has 48 heavy (non-hydrogen) atoms. The summed E-state index contributed by atoms with van der Waals surface area (Å²) in [4.78, 5) is 0. The molecule has 9 rings (SSSR count). The molecular weight excluding hydrogens is 577 g/mol. The van der Waals surface area contributed by atoms with Crippen molar-refractivity contribution >= 4 is 32.7 Å². The van der Waals surface area contributed by atoms with Crippen LogP contribution in [0.5, 0.6) is 0 Å². The van der Waals surface area contributed by atoms with Gasteiger partial charge in [0.15, 0.2) is 0 Å². The van der Waals surface area contributed by atoms with Crippen molar-refractivity contribution in [2.24, 2.45) is 0 Å². The molecular formula is C48H38. The van der Waals surface area contributed by atoms with Gasteiger partial charge in [-0.25, -0.2) is 0 Å². The van der Waals surface area contributed by atoms with Gasteiger partial charge in [0.05, 0.1) is 0 Å². The average molecular weight is 615 g/mol. The van der Waals surface area contributed by atoms with Crippen molar-refractivity contribution in [2.75, 3.05) is 0 Å². The van der Waals surface area contributed by atoms with Crippen molar-refractivity contribution < 1.29 is 0 Å². The van der Waals surface area contributed by atoms with E-state index in [1.807, 2.05) is 0 Å². The van der Waals surface area contributed by atoms with Gasteiger partial charge in [-0.05, 0) is 137 Å². The lowest BCUT2D eigenvalue weighted by atomic mass is 9.81. The standard InChI is InChI=1S/C48H38/c1-5-11-39-37(6-2)42-15-10-16-43-38(24-25-44(39)47(42)43)36-13-9-12-30(28-36)31-18-19-33-27-34(21-20-32(33)26-31)35-22-23-41-40-14-7-8-17-45(40)48(3,4)46(41)29-35/h5,7-29H,6H2,1-4H3. The van der Waals surface area contributed by atoms with Crippen LogP contribution in [-0.2, 0) is 5.41 Å². The largest absolute Gasteiger partial charge is 0.0870 e. The first-order valence-corrected chi connectivity index (χ1v) is 17.3. The summed E-state index contributed by atoms with van der Waals surface area (Å²) in [6, 6.07) is 50.2. The molecule has 0 nitrogen and oxygen atoms in total. The van der Waals surface area contributed by atoms with Crippen LogP contribution in [-0.4, -0.2) is 0 Å². The SMILES string of the molecule is CC=CC1=C(CC)c2cccc3c(-c4cccc(-c5ccc6cc(-c7ccc8c(c7)C(C)(C)c7ccccc7-8)ccc6c5)c4)ccc1c23. The van der Waals surface area contributed by atoms with E-state index in [2.05, 4.69) is 173 Å². The Labute approximate surface area is 283 Å². The number of rotatable bonds is 5. The summed E-state index contributed by atoms with van der Waals surface area (Å²) < 4.78 is 0. The fourth-order valence-corrected chi connectivity index (χ4v) is 8.53. The summed E-state index contributed by atoms with van der Waals surface area (Å²) in [5, 5.41) is 5.25. The Kier molecular flexibility index (Phi) is 6.46. The molecule has 0 heterocycles. The molecule has 0 aliphatic heterocycles. The Morgan fingerprint density at radius 1 is 0.500 bits per heavy atom. The van der Waals surface area contributed by atoms with Crippen LogP contribution in [0.25, 0.3) is 77.2 Å². The fourth-order valence-electron chi connectivity index (χ4n) is 8.53. The predicted molar refractivity (Wildman–Crippen MR) is 207 cm³/mol. The van der Waals surface area contributed by atoms with Gasteiger partial charge in [-0.3, -0.25) is 0 Å². The van der Waals surface area contributed by atoms with Crippen molar-refractivity contribution in [3.05, 3.63) is 168 Å². The van der Waals surface area contributed by atoms with E-state index < -0.39 is 0 Å². The van der Waals surface area contributed by atoms with Gasteiger partial charge in [0, 0.05) is 5.41 Å². The van der Waals surface area contributed by atoms with E-state index in [-0.39, 0.29) is 5.41 Å². The van der Waals surface area contributed by atoms with Gasteiger partial charge in [0.2, 0.25) is 0 Å². The maximum atomic E-state index is 2.41. The minimum Gasteiger partial charge on any atom is -0.0870 e. The number of hydrogen-bond donors (Lipinski definition) is 0. The van der Waals surface area contributed by atoms with Crippen LogP contribution in [0.1, 0.15) is 56.4 Å². The highest BCUT2D eigenvalue weighted by molar-refractivity contribution is 6.18. The van der Waals surface area contributed by atoms with Crippen molar-refractivity contribution in [1.82, 2.24) is 0 Å². The second-order valence-electron chi connectivity index (χ2n) is 13.9. The molecule has 230 valence electrons.